The molecule has 1 aromatic rings. The van der Waals surface area contributed by atoms with E-state index < -0.39 is 0 Å². The molecule has 0 heterocycles. The molecule has 18 heavy (non-hydrogen) atoms. The molecule has 0 aromatic heterocycles. The van der Waals surface area contributed by atoms with Gasteiger partial charge >= 0.3 is 0 Å². The van der Waals surface area contributed by atoms with Crippen molar-refractivity contribution in [3.8, 4) is 5.75 Å². The van der Waals surface area contributed by atoms with Crippen LogP contribution in [0.5, 0.6) is 5.75 Å². The third-order valence-corrected chi connectivity index (χ3v) is 3.86. The number of ether oxygens (including phenoxy) is 1. The molecule has 2 atom stereocenters. The molecule has 1 aromatic carbocycles. The fourth-order valence-electron chi connectivity index (χ4n) is 2.61. The maximum absolute atomic E-state index is 5.80. The Hall–Kier alpha value is -1.06. The number of nitrogens with two attached hydrogens (primary N) is 1. The number of aryl methyl sites for hydroxylation is 1. The van der Waals surface area contributed by atoms with Gasteiger partial charge in [-0.3, -0.25) is 0 Å². The van der Waals surface area contributed by atoms with Crippen LogP contribution in [0, 0.1) is 26.7 Å². The number of benzene rings is 1. The maximum Gasteiger partial charge on any atom is 0.124 e. The summed E-state index contributed by atoms with van der Waals surface area (Å²) >= 11 is 0. The summed E-state index contributed by atoms with van der Waals surface area (Å²) in [5.74, 6) is 1.40. The zero-order chi connectivity index (χ0) is 13.9. The van der Waals surface area contributed by atoms with E-state index in [1.807, 2.05) is 7.05 Å². The fraction of sp³-hybridized carbons (Fsp3) is 0.600. The van der Waals surface area contributed by atoms with Crippen molar-refractivity contribution in [2.75, 3.05) is 20.7 Å². The van der Waals surface area contributed by atoms with Crippen LogP contribution < -0.4 is 15.8 Å². The van der Waals surface area contributed by atoms with Crippen molar-refractivity contribution in [3.63, 3.8) is 0 Å². The normalized spacial score (nSPS) is 14.4. The SMILES string of the molecule is CNC(c1cc(C)c(OC)c(C)c1C)C(C)CN. The number of methoxy groups -OCH3 is 1. The van der Waals surface area contributed by atoms with Gasteiger partial charge in [-0.1, -0.05) is 13.0 Å². The van der Waals surface area contributed by atoms with Gasteiger partial charge in [0.25, 0.3) is 0 Å². The zero-order valence-electron chi connectivity index (χ0n) is 12.4. The molecule has 0 aliphatic rings. The van der Waals surface area contributed by atoms with E-state index >= 15 is 0 Å². The largest absolute Gasteiger partial charge is 0.496 e. The van der Waals surface area contributed by atoms with E-state index in [0.29, 0.717) is 18.5 Å². The highest BCUT2D eigenvalue weighted by atomic mass is 16.5. The Balaban J connectivity index is 3.33. The average Bonchev–Trinajstić information content (AvgIpc) is 2.36. The van der Waals surface area contributed by atoms with E-state index in [1.54, 1.807) is 7.11 Å². The molecule has 0 saturated heterocycles. The Morgan fingerprint density at radius 2 is 1.89 bits per heavy atom. The second-order valence-corrected chi connectivity index (χ2v) is 5.05. The van der Waals surface area contributed by atoms with Crippen molar-refractivity contribution in [3.05, 3.63) is 28.3 Å². The third kappa shape index (κ3) is 2.68. The molecule has 0 aliphatic heterocycles. The number of hydrogen-bond acceptors (Lipinski definition) is 3. The number of nitrogens with one attached hydrogen (secondary N) is 1. The minimum absolute atomic E-state index is 0.290. The van der Waals surface area contributed by atoms with Crippen molar-refractivity contribution in [2.24, 2.45) is 11.7 Å². The monoisotopic (exact) mass is 250 g/mol. The lowest BCUT2D eigenvalue weighted by molar-refractivity contribution is 0.402. The molecule has 3 nitrogen and oxygen atoms in total. The molecule has 0 amide bonds. The van der Waals surface area contributed by atoms with Gasteiger partial charge in [0, 0.05) is 6.04 Å². The Morgan fingerprint density at radius 1 is 1.28 bits per heavy atom. The Kier molecular flexibility index (Phi) is 5.17. The van der Waals surface area contributed by atoms with Crippen molar-refractivity contribution < 1.29 is 4.74 Å². The standard InChI is InChI=1S/C15H26N2O/c1-9-7-13(14(17-5)10(2)8-16)11(3)12(4)15(9)18-6/h7,10,14,17H,8,16H2,1-6H3. The smallest absolute Gasteiger partial charge is 0.124 e. The summed E-state index contributed by atoms with van der Waals surface area (Å²) < 4.78 is 5.47. The summed E-state index contributed by atoms with van der Waals surface area (Å²) in [5.41, 5.74) is 10.8. The van der Waals surface area contributed by atoms with E-state index in [1.165, 1.54) is 22.3 Å². The first kappa shape index (κ1) is 15.0. The molecule has 0 bridgehead atoms. The number of rotatable bonds is 5. The van der Waals surface area contributed by atoms with Gasteiger partial charge in [-0.15, -0.1) is 0 Å². The topological polar surface area (TPSA) is 47.3 Å². The quantitative estimate of drug-likeness (QED) is 0.844. The third-order valence-electron chi connectivity index (χ3n) is 3.86. The molecule has 0 spiro atoms. The van der Waals surface area contributed by atoms with E-state index in [9.17, 15) is 0 Å². The lowest BCUT2D eigenvalue weighted by Crippen LogP contribution is -2.29. The van der Waals surface area contributed by atoms with E-state index in [4.69, 9.17) is 10.5 Å². The summed E-state index contributed by atoms with van der Waals surface area (Å²) in [5, 5.41) is 3.38. The first-order valence-corrected chi connectivity index (χ1v) is 6.49. The van der Waals surface area contributed by atoms with Gasteiger partial charge < -0.3 is 15.8 Å². The number of hydrogen-bond donors (Lipinski definition) is 2. The molecular weight excluding hydrogens is 224 g/mol. The summed E-state index contributed by atoms with van der Waals surface area (Å²) in [6, 6.07) is 2.51. The minimum Gasteiger partial charge on any atom is -0.496 e. The van der Waals surface area contributed by atoms with E-state index in [2.05, 4.69) is 39.1 Å². The van der Waals surface area contributed by atoms with E-state index in [0.717, 1.165) is 5.75 Å². The predicted octanol–water partition coefficient (Wildman–Crippen LogP) is 2.48. The van der Waals surface area contributed by atoms with Crippen molar-refractivity contribution in [2.45, 2.75) is 33.7 Å². The van der Waals surface area contributed by atoms with Gasteiger partial charge in [-0.05, 0) is 62.5 Å². The first-order valence-electron chi connectivity index (χ1n) is 6.49. The predicted molar refractivity (Wildman–Crippen MR) is 77.2 cm³/mol. The van der Waals surface area contributed by atoms with Gasteiger partial charge in [-0.25, -0.2) is 0 Å². The van der Waals surface area contributed by atoms with Crippen LogP contribution in [0.15, 0.2) is 6.07 Å². The van der Waals surface area contributed by atoms with Crippen molar-refractivity contribution in [1.82, 2.24) is 5.32 Å². The van der Waals surface area contributed by atoms with Crippen LogP contribution in [0.25, 0.3) is 0 Å². The zero-order valence-corrected chi connectivity index (χ0v) is 12.4. The molecule has 0 radical (unpaired) electrons. The molecule has 3 N–H and O–H groups in total. The van der Waals surface area contributed by atoms with Gasteiger partial charge in [0.15, 0.2) is 0 Å². The molecule has 102 valence electrons. The van der Waals surface area contributed by atoms with Crippen LogP contribution in [0.2, 0.25) is 0 Å². The second kappa shape index (κ2) is 6.21. The van der Waals surface area contributed by atoms with Crippen LogP contribution in [0.4, 0.5) is 0 Å². The van der Waals surface area contributed by atoms with Crippen molar-refractivity contribution in [1.29, 1.82) is 0 Å². The van der Waals surface area contributed by atoms with Crippen LogP contribution in [-0.4, -0.2) is 20.7 Å². The molecule has 0 saturated carbocycles. The molecule has 2 unspecified atom stereocenters. The molecule has 0 fully saturated rings. The van der Waals surface area contributed by atoms with Gasteiger partial charge in [0.05, 0.1) is 7.11 Å². The lowest BCUT2D eigenvalue weighted by Gasteiger charge is -2.26. The lowest BCUT2D eigenvalue weighted by atomic mass is 9.88. The second-order valence-electron chi connectivity index (χ2n) is 5.05. The average molecular weight is 250 g/mol. The van der Waals surface area contributed by atoms with Crippen molar-refractivity contribution >= 4 is 0 Å². The molecule has 1 rings (SSSR count). The maximum atomic E-state index is 5.80. The Labute approximate surface area is 111 Å². The minimum atomic E-state index is 0.290. The summed E-state index contributed by atoms with van der Waals surface area (Å²) in [6.45, 7) is 9.21. The summed E-state index contributed by atoms with van der Waals surface area (Å²) in [4.78, 5) is 0. The van der Waals surface area contributed by atoms with Crippen LogP contribution in [0.1, 0.15) is 35.2 Å². The Bertz CT molecular complexity index is 415. The van der Waals surface area contributed by atoms with Gasteiger partial charge in [0.1, 0.15) is 5.75 Å². The fourth-order valence-corrected chi connectivity index (χ4v) is 2.61. The highest BCUT2D eigenvalue weighted by Gasteiger charge is 2.21. The van der Waals surface area contributed by atoms with Gasteiger partial charge in [0.2, 0.25) is 0 Å². The highest BCUT2D eigenvalue weighted by Crippen LogP contribution is 2.33. The van der Waals surface area contributed by atoms with E-state index in [-0.39, 0.29) is 0 Å². The van der Waals surface area contributed by atoms with Crippen LogP contribution >= 0.6 is 0 Å². The Morgan fingerprint density at radius 3 is 2.33 bits per heavy atom. The molecule has 3 heteroatoms. The van der Waals surface area contributed by atoms with Crippen LogP contribution in [-0.2, 0) is 0 Å². The summed E-state index contributed by atoms with van der Waals surface area (Å²) in [6.07, 6.45) is 0. The highest BCUT2D eigenvalue weighted by molar-refractivity contribution is 5.50. The summed E-state index contributed by atoms with van der Waals surface area (Å²) in [7, 11) is 3.72. The first-order chi connectivity index (χ1) is 8.47. The van der Waals surface area contributed by atoms with Gasteiger partial charge in [-0.2, -0.15) is 0 Å². The molecule has 0 aliphatic carbocycles. The molecular formula is C15H26N2O. The van der Waals surface area contributed by atoms with Crippen LogP contribution in [0.3, 0.4) is 0 Å².